The molecule has 116 valence electrons. The summed E-state index contributed by atoms with van der Waals surface area (Å²) in [6.07, 6.45) is 0. The molecule has 1 amide bonds. The van der Waals surface area contributed by atoms with Crippen LogP contribution in [0, 0.1) is 13.8 Å². The van der Waals surface area contributed by atoms with Crippen LogP contribution in [-0.4, -0.2) is 19.6 Å². The molecule has 0 spiro atoms. The average molecular weight is 299 g/mol. The smallest absolute Gasteiger partial charge is 0.258 e. The van der Waals surface area contributed by atoms with Gasteiger partial charge >= 0.3 is 0 Å². The molecule has 0 aromatic heterocycles. The zero-order valence-electron chi connectivity index (χ0n) is 13.2. The van der Waals surface area contributed by atoms with Crippen molar-refractivity contribution in [2.24, 2.45) is 0 Å². The summed E-state index contributed by atoms with van der Waals surface area (Å²) in [7, 11) is 1.62. The molecule has 1 N–H and O–H groups in total. The predicted octanol–water partition coefficient (Wildman–Crippen LogP) is 3.01. The number of hydrogen-bond donors (Lipinski definition) is 1. The van der Waals surface area contributed by atoms with Crippen LogP contribution >= 0.6 is 0 Å². The quantitative estimate of drug-likeness (QED) is 0.892. The van der Waals surface area contributed by atoms with Gasteiger partial charge in [-0.1, -0.05) is 29.8 Å². The van der Waals surface area contributed by atoms with Gasteiger partial charge < -0.3 is 14.8 Å². The molecule has 22 heavy (non-hydrogen) atoms. The number of rotatable bonds is 6. The van der Waals surface area contributed by atoms with Gasteiger partial charge in [-0.3, -0.25) is 4.79 Å². The largest absolute Gasteiger partial charge is 0.496 e. The van der Waals surface area contributed by atoms with Gasteiger partial charge in [-0.15, -0.1) is 0 Å². The Labute approximate surface area is 131 Å². The highest BCUT2D eigenvalue weighted by Crippen LogP contribution is 2.19. The maximum absolute atomic E-state index is 11.9. The Morgan fingerprint density at radius 1 is 1.09 bits per heavy atom. The second kappa shape index (κ2) is 7.50. The second-order valence-corrected chi connectivity index (χ2v) is 5.20. The van der Waals surface area contributed by atoms with E-state index in [9.17, 15) is 4.79 Å². The zero-order chi connectivity index (χ0) is 15.9. The van der Waals surface area contributed by atoms with Crippen molar-refractivity contribution in [3.05, 3.63) is 59.2 Å². The topological polar surface area (TPSA) is 47.6 Å². The van der Waals surface area contributed by atoms with E-state index in [4.69, 9.17) is 9.47 Å². The fraction of sp³-hybridized carbons (Fsp3) is 0.278. The summed E-state index contributed by atoms with van der Waals surface area (Å²) in [5, 5.41) is 2.84. The lowest BCUT2D eigenvalue weighted by atomic mass is 10.1. The van der Waals surface area contributed by atoms with E-state index in [1.165, 1.54) is 0 Å². The first-order valence-corrected chi connectivity index (χ1v) is 7.18. The van der Waals surface area contributed by atoms with Gasteiger partial charge in [0.1, 0.15) is 11.5 Å². The summed E-state index contributed by atoms with van der Waals surface area (Å²) in [5.41, 5.74) is 3.18. The van der Waals surface area contributed by atoms with Crippen molar-refractivity contribution in [3.8, 4) is 11.5 Å². The van der Waals surface area contributed by atoms with Gasteiger partial charge in [0.25, 0.3) is 5.91 Å². The third-order valence-electron chi connectivity index (χ3n) is 3.27. The lowest BCUT2D eigenvalue weighted by Crippen LogP contribution is -2.28. The number of methoxy groups -OCH3 is 1. The molecular weight excluding hydrogens is 278 g/mol. The van der Waals surface area contributed by atoms with Crippen LogP contribution in [0.2, 0.25) is 0 Å². The third-order valence-corrected chi connectivity index (χ3v) is 3.27. The first-order valence-electron chi connectivity index (χ1n) is 7.18. The number of amides is 1. The van der Waals surface area contributed by atoms with Crippen molar-refractivity contribution >= 4 is 5.91 Å². The predicted molar refractivity (Wildman–Crippen MR) is 86.3 cm³/mol. The summed E-state index contributed by atoms with van der Waals surface area (Å²) in [6.45, 7) is 4.40. The molecule has 0 fully saturated rings. The number of nitrogens with one attached hydrogen (secondary N) is 1. The molecule has 4 heteroatoms. The van der Waals surface area contributed by atoms with Crippen molar-refractivity contribution in [3.63, 3.8) is 0 Å². The van der Waals surface area contributed by atoms with Crippen LogP contribution in [0.4, 0.5) is 0 Å². The van der Waals surface area contributed by atoms with Crippen LogP contribution in [0.3, 0.4) is 0 Å². The maximum Gasteiger partial charge on any atom is 0.258 e. The number of carbonyl (C=O) groups is 1. The van der Waals surface area contributed by atoms with Crippen molar-refractivity contribution in [1.82, 2.24) is 5.32 Å². The van der Waals surface area contributed by atoms with Crippen LogP contribution in [0.25, 0.3) is 0 Å². The fourth-order valence-electron chi connectivity index (χ4n) is 2.14. The number of ether oxygens (including phenoxy) is 2. The lowest BCUT2D eigenvalue weighted by Gasteiger charge is -2.11. The summed E-state index contributed by atoms with van der Waals surface area (Å²) in [6, 6.07) is 13.5. The Kier molecular flexibility index (Phi) is 5.42. The second-order valence-electron chi connectivity index (χ2n) is 5.20. The number of carbonyl (C=O) groups excluding carboxylic acids is 1. The van der Waals surface area contributed by atoms with E-state index in [0.717, 1.165) is 22.4 Å². The lowest BCUT2D eigenvalue weighted by molar-refractivity contribution is -0.123. The molecular formula is C18H21NO3. The summed E-state index contributed by atoms with van der Waals surface area (Å²) < 4.78 is 10.8. The molecule has 0 bridgehead atoms. The van der Waals surface area contributed by atoms with Crippen LogP contribution in [-0.2, 0) is 11.3 Å². The van der Waals surface area contributed by atoms with Crippen molar-refractivity contribution in [2.75, 3.05) is 13.7 Å². The molecule has 2 aromatic rings. The molecule has 0 aliphatic carbocycles. The molecule has 2 aromatic carbocycles. The van der Waals surface area contributed by atoms with Gasteiger partial charge in [-0.05, 0) is 37.6 Å². The van der Waals surface area contributed by atoms with E-state index in [0.29, 0.717) is 12.3 Å². The Balaban J connectivity index is 1.86. The van der Waals surface area contributed by atoms with E-state index < -0.39 is 0 Å². The Hall–Kier alpha value is -2.49. The monoisotopic (exact) mass is 299 g/mol. The fourth-order valence-corrected chi connectivity index (χ4v) is 2.14. The summed E-state index contributed by atoms with van der Waals surface area (Å²) in [5.74, 6) is 1.30. The van der Waals surface area contributed by atoms with Crippen molar-refractivity contribution in [2.45, 2.75) is 20.4 Å². The Bertz CT molecular complexity index is 653. The highest BCUT2D eigenvalue weighted by molar-refractivity contribution is 5.77. The first kappa shape index (κ1) is 15.9. The van der Waals surface area contributed by atoms with E-state index in [-0.39, 0.29) is 12.5 Å². The minimum absolute atomic E-state index is 0.00240. The average Bonchev–Trinajstić information content (AvgIpc) is 2.51. The van der Waals surface area contributed by atoms with Gasteiger partial charge in [0.2, 0.25) is 0 Å². The number of aryl methyl sites for hydroxylation is 2. The highest BCUT2D eigenvalue weighted by Gasteiger charge is 2.07. The third kappa shape index (κ3) is 4.52. The van der Waals surface area contributed by atoms with Crippen LogP contribution in [0.1, 0.15) is 16.7 Å². The molecule has 2 rings (SSSR count). The number of hydrogen-bond acceptors (Lipinski definition) is 3. The molecule has 0 saturated heterocycles. The van der Waals surface area contributed by atoms with Crippen molar-refractivity contribution in [1.29, 1.82) is 0 Å². The van der Waals surface area contributed by atoms with E-state index in [2.05, 4.69) is 5.32 Å². The molecule has 0 aliphatic rings. The Morgan fingerprint density at radius 3 is 2.59 bits per heavy atom. The maximum atomic E-state index is 11.9. The number of benzene rings is 2. The Morgan fingerprint density at radius 2 is 1.86 bits per heavy atom. The van der Waals surface area contributed by atoms with Gasteiger partial charge in [-0.25, -0.2) is 0 Å². The molecule has 4 nitrogen and oxygen atoms in total. The molecule has 0 saturated carbocycles. The highest BCUT2D eigenvalue weighted by atomic mass is 16.5. The van der Waals surface area contributed by atoms with Crippen LogP contribution in [0.5, 0.6) is 11.5 Å². The standard InChI is InChI=1S/C18H21NO3/c1-13-5-4-6-16(10-13)22-12-18(20)19-11-15-9-14(2)7-8-17(15)21-3/h4-10H,11-12H2,1-3H3,(H,19,20). The minimum Gasteiger partial charge on any atom is -0.496 e. The summed E-state index contributed by atoms with van der Waals surface area (Å²) in [4.78, 5) is 11.9. The van der Waals surface area contributed by atoms with Gasteiger partial charge in [0.15, 0.2) is 6.61 Å². The molecule has 0 atom stereocenters. The van der Waals surface area contributed by atoms with Crippen LogP contribution in [0.15, 0.2) is 42.5 Å². The van der Waals surface area contributed by atoms with E-state index in [1.807, 2.05) is 56.3 Å². The van der Waals surface area contributed by atoms with Gasteiger partial charge in [-0.2, -0.15) is 0 Å². The molecule has 0 heterocycles. The van der Waals surface area contributed by atoms with Gasteiger partial charge in [0.05, 0.1) is 7.11 Å². The normalized spacial score (nSPS) is 10.1. The van der Waals surface area contributed by atoms with Crippen molar-refractivity contribution < 1.29 is 14.3 Å². The molecule has 0 aliphatic heterocycles. The molecule has 0 unspecified atom stereocenters. The zero-order valence-corrected chi connectivity index (χ0v) is 13.2. The SMILES string of the molecule is COc1ccc(C)cc1CNC(=O)COc1cccc(C)c1. The first-order chi connectivity index (χ1) is 10.6. The summed E-state index contributed by atoms with van der Waals surface area (Å²) >= 11 is 0. The van der Waals surface area contributed by atoms with Crippen LogP contribution < -0.4 is 14.8 Å². The van der Waals surface area contributed by atoms with Gasteiger partial charge in [0, 0.05) is 12.1 Å². The minimum atomic E-state index is -0.162. The van der Waals surface area contributed by atoms with E-state index in [1.54, 1.807) is 7.11 Å². The van der Waals surface area contributed by atoms with E-state index >= 15 is 0 Å². The molecule has 0 radical (unpaired) electrons.